The van der Waals surface area contributed by atoms with E-state index in [1.807, 2.05) is 66.7 Å². The quantitative estimate of drug-likeness (QED) is 0.172. The molecule has 0 amide bonds. The highest BCUT2D eigenvalue weighted by atomic mass is 35.5. The van der Waals surface area contributed by atoms with Crippen LogP contribution in [0.2, 0.25) is 5.02 Å². The summed E-state index contributed by atoms with van der Waals surface area (Å²) in [7, 11) is 0. The van der Waals surface area contributed by atoms with E-state index in [9.17, 15) is 4.79 Å². The van der Waals surface area contributed by atoms with Gasteiger partial charge in [0.25, 0.3) is 0 Å². The van der Waals surface area contributed by atoms with Gasteiger partial charge in [-0.2, -0.15) is 0 Å². The Bertz CT molecular complexity index is 1490. The molecule has 0 bridgehead atoms. The average molecular weight is 501 g/mol. The SMILES string of the molecule is O=C(OCC1c2ccccc2-c2ccccc21)c1ccc(C(c2ccccc2)c2ccc(Cl)cc2)cc1. The number of esters is 1. The number of hydrogen-bond donors (Lipinski definition) is 0. The number of fused-ring (bicyclic) bond motifs is 3. The van der Waals surface area contributed by atoms with Crippen molar-refractivity contribution in [2.45, 2.75) is 11.8 Å². The van der Waals surface area contributed by atoms with Crippen LogP contribution in [0.3, 0.4) is 0 Å². The Morgan fingerprint density at radius 1 is 0.622 bits per heavy atom. The lowest BCUT2D eigenvalue weighted by Gasteiger charge is -2.19. The summed E-state index contributed by atoms with van der Waals surface area (Å²) in [6.45, 7) is 0.312. The normalized spacial score (nSPS) is 13.0. The van der Waals surface area contributed by atoms with Crippen molar-refractivity contribution in [1.29, 1.82) is 0 Å². The first-order valence-corrected chi connectivity index (χ1v) is 12.8. The van der Waals surface area contributed by atoms with Crippen molar-refractivity contribution in [1.82, 2.24) is 0 Å². The second-order valence-corrected chi connectivity index (χ2v) is 9.78. The summed E-state index contributed by atoms with van der Waals surface area (Å²) in [4.78, 5) is 13.0. The van der Waals surface area contributed by atoms with Gasteiger partial charge in [0.05, 0.1) is 5.56 Å². The molecule has 0 N–H and O–H groups in total. The maximum Gasteiger partial charge on any atom is 0.338 e. The Hall–Kier alpha value is -4.14. The highest BCUT2D eigenvalue weighted by Crippen LogP contribution is 2.44. The molecule has 0 spiro atoms. The molecule has 3 heteroatoms. The number of hydrogen-bond acceptors (Lipinski definition) is 2. The first-order valence-electron chi connectivity index (χ1n) is 12.4. The van der Waals surface area contributed by atoms with Crippen molar-refractivity contribution in [3.05, 3.63) is 166 Å². The number of halogens is 1. The minimum Gasteiger partial charge on any atom is -0.461 e. The van der Waals surface area contributed by atoms with Crippen LogP contribution in [0.4, 0.5) is 0 Å². The zero-order chi connectivity index (χ0) is 25.2. The summed E-state index contributed by atoms with van der Waals surface area (Å²) in [6.07, 6.45) is 0. The molecule has 0 radical (unpaired) electrons. The molecule has 6 rings (SSSR count). The highest BCUT2D eigenvalue weighted by Gasteiger charge is 2.29. The van der Waals surface area contributed by atoms with Crippen LogP contribution < -0.4 is 0 Å². The first-order chi connectivity index (χ1) is 18.2. The number of carbonyl (C=O) groups is 1. The van der Waals surface area contributed by atoms with Crippen molar-refractivity contribution in [2.24, 2.45) is 0 Å². The summed E-state index contributed by atoms with van der Waals surface area (Å²) < 4.78 is 5.85. The summed E-state index contributed by atoms with van der Waals surface area (Å²) in [5, 5.41) is 0.709. The van der Waals surface area contributed by atoms with Crippen molar-refractivity contribution in [2.75, 3.05) is 6.61 Å². The van der Waals surface area contributed by atoms with Gasteiger partial charge in [0.1, 0.15) is 6.61 Å². The maximum atomic E-state index is 13.0. The fourth-order valence-electron chi connectivity index (χ4n) is 5.37. The molecular weight excluding hydrogens is 476 g/mol. The van der Waals surface area contributed by atoms with Gasteiger partial charge in [0.15, 0.2) is 0 Å². The molecule has 1 unspecified atom stereocenters. The van der Waals surface area contributed by atoms with Gasteiger partial charge >= 0.3 is 5.97 Å². The van der Waals surface area contributed by atoms with Crippen LogP contribution in [0.1, 0.15) is 50.0 Å². The van der Waals surface area contributed by atoms with E-state index in [2.05, 4.69) is 60.7 Å². The summed E-state index contributed by atoms with van der Waals surface area (Å²) in [6, 6.07) is 42.8. The number of rotatable bonds is 6. The average Bonchev–Trinajstić information content (AvgIpc) is 3.27. The Kier molecular flexibility index (Phi) is 6.34. The molecule has 37 heavy (non-hydrogen) atoms. The molecule has 180 valence electrons. The fraction of sp³-hybridized carbons (Fsp3) is 0.0882. The molecule has 0 aliphatic heterocycles. The van der Waals surface area contributed by atoms with Gasteiger partial charge in [-0.15, -0.1) is 0 Å². The van der Waals surface area contributed by atoms with Crippen LogP contribution in [-0.2, 0) is 4.74 Å². The van der Waals surface area contributed by atoms with Crippen LogP contribution in [0.15, 0.2) is 127 Å². The van der Waals surface area contributed by atoms with Gasteiger partial charge in [0, 0.05) is 16.9 Å². The Balaban J connectivity index is 1.23. The molecule has 0 heterocycles. The number of carbonyl (C=O) groups excluding carboxylic acids is 1. The maximum absolute atomic E-state index is 13.0. The van der Waals surface area contributed by atoms with E-state index in [1.54, 1.807) is 0 Å². The van der Waals surface area contributed by atoms with Crippen LogP contribution in [0.25, 0.3) is 11.1 Å². The zero-order valence-corrected chi connectivity index (χ0v) is 20.9. The lowest BCUT2D eigenvalue weighted by atomic mass is 9.85. The Morgan fingerprint density at radius 2 is 1.11 bits per heavy atom. The van der Waals surface area contributed by atoms with E-state index in [0.717, 1.165) is 11.1 Å². The molecule has 0 fully saturated rings. The van der Waals surface area contributed by atoms with Gasteiger partial charge in [-0.1, -0.05) is 115 Å². The second kappa shape index (κ2) is 10.1. The molecule has 0 aromatic heterocycles. The van der Waals surface area contributed by atoms with E-state index < -0.39 is 0 Å². The Labute approximate surface area is 222 Å². The molecule has 0 saturated heterocycles. The second-order valence-electron chi connectivity index (χ2n) is 9.34. The summed E-state index contributed by atoms with van der Waals surface area (Å²) in [5.74, 6) is -0.228. The molecule has 1 aliphatic carbocycles. The number of benzene rings is 5. The van der Waals surface area contributed by atoms with Crippen LogP contribution in [-0.4, -0.2) is 12.6 Å². The largest absolute Gasteiger partial charge is 0.461 e. The summed E-state index contributed by atoms with van der Waals surface area (Å²) in [5.41, 5.74) is 8.83. The highest BCUT2D eigenvalue weighted by molar-refractivity contribution is 6.30. The van der Waals surface area contributed by atoms with Gasteiger partial charge in [-0.05, 0) is 63.2 Å². The Morgan fingerprint density at radius 3 is 1.70 bits per heavy atom. The third-order valence-corrected chi connectivity index (χ3v) is 7.41. The van der Waals surface area contributed by atoms with Gasteiger partial charge in [-0.3, -0.25) is 0 Å². The lowest BCUT2D eigenvalue weighted by molar-refractivity contribution is 0.0493. The fourth-order valence-corrected chi connectivity index (χ4v) is 5.50. The molecule has 5 aromatic rings. The van der Waals surface area contributed by atoms with E-state index in [4.69, 9.17) is 16.3 Å². The van der Waals surface area contributed by atoms with Gasteiger partial charge in [-0.25, -0.2) is 4.79 Å². The number of ether oxygens (including phenoxy) is 1. The predicted molar refractivity (Wildman–Crippen MR) is 149 cm³/mol. The van der Waals surface area contributed by atoms with Crippen LogP contribution >= 0.6 is 11.6 Å². The standard InChI is InChI=1S/C34H25ClO2/c35-27-20-18-25(19-21-27)33(23-8-2-1-3-9-23)24-14-16-26(17-15-24)34(36)37-22-32-30-12-6-4-10-28(30)29-11-5-7-13-31(29)32/h1-21,32-33H,22H2. The predicted octanol–water partition coefficient (Wildman–Crippen LogP) is 8.49. The van der Waals surface area contributed by atoms with E-state index in [-0.39, 0.29) is 17.8 Å². The van der Waals surface area contributed by atoms with Gasteiger partial charge in [0.2, 0.25) is 0 Å². The minimum absolute atomic E-state index is 0.0371. The van der Waals surface area contributed by atoms with E-state index in [1.165, 1.54) is 27.8 Å². The molecule has 5 aromatic carbocycles. The smallest absolute Gasteiger partial charge is 0.338 e. The van der Waals surface area contributed by atoms with Crippen molar-refractivity contribution >= 4 is 17.6 Å². The van der Waals surface area contributed by atoms with E-state index >= 15 is 0 Å². The van der Waals surface area contributed by atoms with Crippen molar-refractivity contribution < 1.29 is 9.53 Å². The molecule has 1 atom stereocenters. The van der Waals surface area contributed by atoms with Gasteiger partial charge < -0.3 is 4.74 Å². The van der Waals surface area contributed by atoms with Crippen molar-refractivity contribution in [3.8, 4) is 11.1 Å². The van der Waals surface area contributed by atoms with E-state index in [0.29, 0.717) is 17.2 Å². The molecular formula is C34H25ClO2. The molecule has 2 nitrogen and oxygen atoms in total. The molecule has 0 saturated carbocycles. The third kappa shape index (κ3) is 4.57. The minimum atomic E-state index is -0.309. The summed E-state index contributed by atoms with van der Waals surface area (Å²) >= 11 is 6.15. The third-order valence-electron chi connectivity index (χ3n) is 7.16. The first kappa shape index (κ1) is 23.3. The lowest BCUT2D eigenvalue weighted by Crippen LogP contribution is -2.13. The van der Waals surface area contributed by atoms with Crippen molar-refractivity contribution in [3.63, 3.8) is 0 Å². The topological polar surface area (TPSA) is 26.3 Å². The zero-order valence-electron chi connectivity index (χ0n) is 20.2. The van der Waals surface area contributed by atoms with Crippen LogP contribution in [0, 0.1) is 0 Å². The van der Waals surface area contributed by atoms with Crippen LogP contribution in [0.5, 0.6) is 0 Å². The molecule has 1 aliphatic rings. The monoisotopic (exact) mass is 500 g/mol.